The van der Waals surface area contributed by atoms with Crippen molar-refractivity contribution >= 4 is 11.8 Å². The summed E-state index contributed by atoms with van der Waals surface area (Å²) in [5.41, 5.74) is 0.914. The number of fused-ring (bicyclic) bond motifs is 4. The van der Waals surface area contributed by atoms with Crippen LogP contribution in [-0.2, 0) is 22.6 Å². The Kier molecular flexibility index (Phi) is 5.21. The second-order valence-corrected chi connectivity index (χ2v) is 8.72. The van der Waals surface area contributed by atoms with Crippen molar-refractivity contribution in [2.75, 3.05) is 13.1 Å². The molecule has 2 bridgehead atoms. The summed E-state index contributed by atoms with van der Waals surface area (Å²) in [7, 11) is 0. The van der Waals surface area contributed by atoms with Crippen LogP contribution in [0.25, 0.3) is 0 Å². The molecule has 3 aliphatic rings. The Bertz CT molecular complexity index is 701. The van der Waals surface area contributed by atoms with E-state index in [-0.39, 0.29) is 29.8 Å². The maximum atomic E-state index is 13.1. The van der Waals surface area contributed by atoms with Crippen LogP contribution in [0.4, 0.5) is 0 Å². The zero-order valence-corrected chi connectivity index (χ0v) is 16.2. The molecule has 4 rings (SSSR count). The minimum absolute atomic E-state index is 0.0655. The number of carbonyl (C=O) groups excluding carboxylic acids is 2. The van der Waals surface area contributed by atoms with Crippen LogP contribution in [0.1, 0.15) is 51.0 Å². The van der Waals surface area contributed by atoms with E-state index in [0.29, 0.717) is 30.6 Å². The maximum Gasteiger partial charge on any atom is 0.243 e. The van der Waals surface area contributed by atoms with E-state index in [2.05, 4.69) is 29.6 Å². The highest BCUT2D eigenvalue weighted by molar-refractivity contribution is 5.89. The van der Waals surface area contributed by atoms with Crippen molar-refractivity contribution in [1.82, 2.24) is 20.7 Å². The third-order valence-corrected chi connectivity index (χ3v) is 6.18. The fourth-order valence-electron chi connectivity index (χ4n) is 5.08. The summed E-state index contributed by atoms with van der Waals surface area (Å²) in [6, 6.07) is 1.74. The molecule has 7 heteroatoms. The van der Waals surface area contributed by atoms with Crippen LogP contribution in [0.3, 0.4) is 0 Å². The number of nitrogens with zero attached hydrogens (tertiary/aromatic N) is 2. The van der Waals surface area contributed by atoms with Gasteiger partial charge in [0, 0.05) is 31.0 Å². The largest absolute Gasteiger partial charge is 0.359 e. The molecule has 0 saturated carbocycles. The van der Waals surface area contributed by atoms with E-state index in [9.17, 15) is 9.59 Å². The number of hydrogen-bond donors (Lipinski definition) is 2. The highest BCUT2D eigenvalue weighted by atomic mass is 16.5. The molecule has 0 unspecified atom stereocenters. The first-order chi connectivity index (χ1) is 13.0. The molecular formula is C20H30N4O3. The van der Waals surface area contributed by atoms with Crippen LogP contribution >= 0.6 is 0 Å². The summed E-state index contributed by atoms with van der Waals surface area (Å²) in [5.74, 6) is 1.91. The van der Waals surface area contributed by atoms with Gasteiger partial charge in [0.1, 0.15) is 6.04 Å². The Morgan fingerprint density at radius 2 is 2.22 bits per heavy atom. The molecule has 4 heterocycles. The Labute approximate surface area is 160 Å². The number of piperidine rings is 3. The average molecular weight is 374 g/mol. The van der Waals surface area contributed by atoms with Gasteiger partial charge in [-0.3, -0.25) is 9.59 Å². The Balaban J connectivity index is 1.44. The van der Waals surface area contributed by atoms with Crippen molar-refractivity contribution in [3.05, 3.63) is 17.5 Å². The molecule has 1 aromatic rings. The molecule has 0 radical (unpaired) electrons. The van der Waals surface area contributed by atoms with Gasteiger partial charge in [0.05, 0.1) is 12.2 Å². The lowest BCUT2D eigenvalue weighted by molar-refractivity contribution is -0.157. The molecule has 148 valence electrons. The van der Waals surface area contributed by atoms with E-state index in [1.54, 1.807) is 0 Å². The number of aromatic nitrogens is 1. The lowest BCUT2D eigenvalue weighted by Gasteiger charge is -2.53. The van der Waals surface area contributed by atoms with Crippen molar-refractivity contribution < 1.29 is 14.1 Å². The second kappa shape index (κ2) is 7.62. The smallest absolute Gasteiger partial charge is 0.243 e. The van der Waals surface area contributed by atoms with Gasteiger partial charge in [-0.15, -0.1) is 0 Å². The molecule has 0 aromatic carbocycles. The van der Waals surface area contributed by atoms with Gasteiger partial charge in [0.15, 0.2) is 5.76 Å². The van der Waals surface area contributed by atoms with Gasteiger partial charge in [-0.05, 0) is 44.1 Å². The first kappa shape index (κ1) is 18.5. The SMILES string of the molecule is CC(C)Cc1cc(CNC(=O)[C@H]2[C@@H]3CNC[C@@H](C3)[C@@H]3CCCC(=O)N32)on1. The van der Waals surface area contributed by atoms with Gasteiger partial charge in [0.2, 0.25) is 11.8 Å². The molecule has 2 amide bonds. The maximum absolute atomic E-state index is 13.1. The third kappa shape index (κ3) is 3.74. The minimum atomic E-state index is -0.370. The molecule has 2 N–H and O–H groups in total. The first-order valence-corrected chi connectivity index (χ1v) is 10.3. The summed E-state index contributed by atoms with van der Waals surface area (Å²) >= 11 is 0. The molecule has 27 heavy (non-hydrogen) atoms. The summed E-state index contributed by atoms with van der Waals surface area (Å²) < 4.78 is 5.35. The van der Waals surface area contributed by atoms with E-state index in [0.717, 1.165) is 44.5 Å². The van der Waals surface area contributed by atoms with Gasteiger partial charge in [-0.2, -0.15) is 0 Å². The predicted molar refractivity (Wildman–Crippen MR) is 99.6 cm³/mol. The van der Waals surface area contributed by atoms with Crippen molar-refractivity contribution in [1.29, 1.82) is 0 Å². The predicted octanol–water partition coefficient (Wildman–Crippen LogP) is 1.48. The van der Waals surface area contributed by atoms with Crippen LogP contribution in [0.2, 0.25) is 0 Å². The number of carbonyl (C=O) groups is 2. The fourth-order valence-corrected chi connectivity index (χ4v) is 5.08. The summed E-state index contributed by atoms with van der Waals surface area (Å²) in [4.78, 5) is 27.6. The van der Waals surface area contributed by atoms with Crippen molar-refractivity contribution in [2.45, 2.75) is 64.6 Å². The summed E-state index contributed by atoms with van der Waals surface area (Å²) in [6.45, 7) is 6.34. The second-order valence-electron chi connectivity index (χ2n) is 8.72. The molecule has 3 fully saturated rings. The average Bonchev–Trinajstić information content (AvgIpc) is 3.08. The highest BCUT2D eigenvalue weighted by Crippen LogP contribution is 2.39. The molecule has 3 aliphatic heterocycles. The molecule has 3 saturated heterocycles. The van der Waals surface area contributed by atoms with Gasteiger partial charge >= 0.3 is 0 Å². The Hall–Kier alpha value is -1.89. The molecular weight excluding hydrogens is 344 g/mol. The topological polar surface area (TPSA) is 87.5 Å². The monoisotopic (exact) mass is 374 g/mol. The van der Waals surface area contributed by atoms with Crippen LogP contribution in [0, 0.1) is 17.8 Å². The highest BCUT2D eigenvalue weighted by Gasteiger charge is 2.50. The quantitative estimate of drug-likeness (QED) is 0.815. The number of amides is 2. The molecule has 4 atom stereocenters. The van der Waals surface area contributed by atoms with Crippen molar-refractivity contribution in [3.63, 3.8) is 0 Å². The number of hydrogen-bond acceptors (Lipinski definition) is 5. The van der Waals surface area contributed by atoms with E-state index >= 15 is 0 Å². The van der Waals surface area contributed by atoms with E-state index < -0.39 is 0 Å². The van der Waals surface area contributed by atoms with Crippen LogP contribution in [-0.4, -0.2) is 47.0 Å². The third-order valence-electron chi connectivity index (χ3n) is 6.18. The molecule has 1 aromatic heterocycles. The van der Waals surface area contributed by atoms with Gasteiger partial charge < -0.3 is 20.1 Å². The van der Waals surface area contributed by atoms with E-state index in [1.165, 1.54) is 0 Å². The molecule has 0 aliphatic carbocycles. The summed E-state index contributed by atoms with van der Waals surface area (Å²) in [6.07, 6.45) is 4.40. The van der Waals surface area contributed by atoms with Gasteiger partial charge in [0.25, 0.3) is 0 Å². The number of nitrogens with one attached hydrogen (secondary N) is 2. The zero-order chi connectivity index (χ0) is 19.0. The van der Waals surface area contributed by atoms with Crippen LogP contribution < -0.4 is 10.6 Å². The Morgan fingerprint density at radius 3 is 3.04 bits per heavy atom. The molecule has 7 nitrogen and oxygen atoms in total. The zero-order valence-electron chi connectivity index (χ0n) is 16.2. The first-order valence-electron chi connectivity index (χ1n) is 10.3. The van der Waals surface area contributed by atoms with Crippen molar-refractivity contribution in [3.8, 4) is 0 Å². The van der Waals surface area contributed by atoms with Crippen LogP contribution in [0.15, 0.2) is 10.6 Å². The standard InChI is InChI=1S/C20H30N4O3/c1-12(2)6-15-8-16(27-23-15)11-22-20(26)19-14-7-13(9-21-10-14)17-4-3-5-18(25)24(17)19/h8,12-14,17,19,21H,3-7,9-11H2,1-2H3,(H,22,26)/t13-,14+,17+,19-/m1/s1. The van der Waals surface area contributed by atoms with E-state index in [4.69, 9.17) is 4.52 Å². The van der Waals surface area contributed by atoms with Gasteiger partial charge in [-0.1, -0.05) is 19.0 Å². The van der Waals surface area contributed by atoms with E-state index in [1.807, 2.05) is 11.0 Å². The Morgan fingerprint density at radius 1 is 1.41 bits per heavy atom. The minimum Gasteiger partial charge on any atom is -0.359 e. The van der Waals surface area contributed by atoms with Crippen molar-refractivity contribution in [2.24, 2.45) is 17.8 Å². The van der Waals surface area contributed by atoms with Gasteiger partial charge in [-0.25, -0.2) is 0 Å². The molecule has 0 spiro atoms. The number of rotatable bonds is 5. The normalized spacial score (nSPS) is 30.3. The summed E-state index contributed by atoms with van der Waals surface area (Å²) in [5, 5.41) is 10.5. The van der Waals surface area contributed by atoms with Crippen LogP contribution in [0.5, 0.6) is 0 Å². The fraction of sp³-hybridized carbons (Fsp3) is 0.750. The lowest BCUT2D eigenvalue weighted by Crippen LogP contribution is -2.67. The lowest BCUT2D eigenvalue weighted by atomic mass is 9.72.